The average molecular weight is 305 g/mol. The maximum atomic E-state index is 13.4. The van der Waals surface area contributed by atoms with Crippen molar-refractivity contribution in [3.63, 3.8) is 0 Å². The van der Waals surface area contributed by atoms with E-state index in [9.17, 15) is 4.39 Å². The highest BCUT2D eigenvalue weighted by Crippen LogP contribution is 2.28. The molecule has 0 bridgehead atoms. The van der Waals surface area contributed by atoms with Crippen molar-refractivity contribution in [2.75, 3.05) is 0 Å². The first-order valence-electron chi connectivity index (χ1n) is 5.37. The molecule has 2 nitrogen and oxygen atoms in total. The normalized spacial score (nSPS) is 11.2. The lowest BCUT2D eigenvalue weighted by atomic mass is 10.1. The Balaban J connectivity index is 2.70. The Bertz CT molecular complexity index is 623. The number of imidazole rings is 1. The summed E-state index contributed by atoms with van der Waals surface area (Å²) >= 11 is 16.8. The van der Waals surface area contributed by atoms with Gasteiger partial charge in [0.15, 0.2) is 10.6 Å². The van der Waals surface area contributed by atoms with Gasteiger partial charge in [0.2, 0.25) is 0 Å². The molecule has 96 valence electrons. The minimum atomic E-state index is -0.616. The van der Waals surface area contributed by atoms with Gasteiger partial charge in [0, 0.05) is 11.9 Å². The zero-order valence-electron chi connectivity index (χ0n) is 9.80. The van der Waals surface area contributed by atoms with Gasteiger partial charge in [-0.2, -0.15) is 0 Å². The van der Waals surface area contributed by atoms with Crippen LogP contribution in [0.5, 0.6) is 0 Å². The maximum Gasteiger partial charge on any atom is 0.182 e. The fourth-order valence-corrected chi connectivity index (χ4v) is 2.49. The van der Waals surface area contributed by atoms with Crippen molar-refractivity contribution in [1.29, 1.82) is 0 Å². The van der Waals surface area contributed by atoms with Crippen molar-refractivity contribution < 1.29 is 4.39 Å². The van der Waals surface area contributed by atoms with Crippen molar-refractivity contribution in [2.24, 2.45) is 0 Å². The lowest BCUT2D eigenvalue weighted by molar-refractivity contribution is 0.628. The molecule has 0 spiro atoms. The van der Waals surface area contributed by atoms with E-state index < -0.39 is 5.82 Å². The number of benzene rings is 1. The minimum absolute atomic E-state index is 0.0182. The van der Waals surface area contributed by atoms with Gasteiger partial charge in [0.05, 0.1) is 15.7 Å². The van der Waals surface area contributed by atoms with Crippen molar-refractivity contribution in [2.45, 2.75) is 19.8 Å². The lowest BCUT2D eigenvalue weighted by Crippen LogP contribution is -2.02. The smallest absolute Gasteiger partial charge is 0.182 e. The summed E-state index contributed by atoms with van der Waals surface area (Å²) in [5.41, 5.74) is 1.64. The molecule has 0 aliphatic carbocycles. The van der Waals surface area contributed by atoms with Crippen molar-refractivity contribution in [3.05, 3.63) is 44.7 Å². The first kappa shape index (κ1) is 13.6. The first-order chi connectivity index (χ1) is 8.41. The quantitative estimate of drug-likeness (QED) is 0.604. The zero-order chi connectivity index (χ0) is 13.4. The van der Waals surface area contributed by atoms with Crippen LogP contribution in [0.1, 0.15) is 25.5 Å². The molecule has 0 fully saturated rings. The van der Waals surface area contributed by atoms with Gasteiger partial charge in [-0.15, -0.1) is 0 Å². The summed E-state index contributed by atoms with van der Waals surface area (Å²) in [6.07, 6.45) is 1.83. The van der Waals surface area contributed by atoms with Crippen LogP contribution in [-0.4, -0.2) is 9.55 Å². The molecule has 2 rings (SSSR count). The van der Waals surface area contributed by atoms with Crippen molar-refractivity contribution >= 4 is 35.4 Å². The predicted molar refractivity (Wildman–Crippen MR) is 75.0 cm³/mol. The topological polar surface area (TPSA) is 20.7 Å². The summed E-state index contributed by atoms with van der Waals surface area (Å²) in [7, 11) is 0. The molecule has 0 saturated carbocycles. The largest absolute Gasteiger partial charge is 0.337 e. The molecular formula is C12H11Cl2FN2S. The summed E-state index contributed by atoms with van der Waals surface area (Å²) in [6.45, 7) is 4.09. The van der Waals surface area contributed by atoms with E-state index in [0.717, 1.165) is 5.69 Å². The van der Waals surface area contributed by atoms with Crippen LogP contribution < -0.4 is 0 Å². The summed E-state index contributed by atoms with van der Waals surface area (Å²) in [4.78, 5) is 2.97. The monoisotopic (exact) mass is 304 g/mol. The Morgan fingerprint density at radius 2 is 1.83 bits per heavy atom. The van der Waals surface area contributed by atoms with Gasteiger partial charge in [0.1, 0.15) is 0 Å². The molecule has 0 saturated heterocycles. The third-order valence-electron chi connectivity index (χ3n) is 2.62. The van der Waals surface area contributed by atoms with Crippen LogP contribution in [0.15, 0.2) is 18.3 Å². The molecule has 0 unspecified atom stereocenters. The van der Waals surface area contributed by atoms with E-state index in [4.69, 9.17) is 35.4 Å². The molecule has 0 amide bonds. The van der Waals surface area contributed by atoms with Crippen LogP contribution in [0, 0.1) is 10.6 Å². The van der Waals surface area contributed by atoms with Gasteiger partial charge in [-0.1, -0.05) is 37.0 Å². The molecule has 2 aromatic rings. The lowest BCUT2D eigenvalue weighted by Gasteiger charge is -2.12. The van der Waals surface area contributed by atoms with Crippen LogP contribution in [0.3, 0.4) is 0 Å². The van der Waals surface area contributed by atoms with E-state index >= 15 is 0 Å². The Hall–Kier alpha value is -0.840. The Morgan fingerprint density at radius 1 is 1.28 bits per heavy atom. The van der Waals surface area contributed by atoms with Crippen LogP contribution in [0.4, 0.5) is 4.39 Å². The van der Waals surface area contributed by atoms with E-state index in [2.05, 4.69) is 4.98 Å². The van der Waals surface area contributed by atoms with Gasteiger partial charge in [-0.3, -0.25) is 4.57 Å². The third-order valence-corrected chi connectivity index (χ3v) is 3.47. The minimum Gasteiger partial charge on any atom is -0.337 e. The van der Waals surface area contributed by atoms with Gasteiger partial charge in [-0.05, 0) is 30.3 Å². The summed E-state index contributed by atoms with van der Waals surface area (Å²) < 4.78 is 15.7. The Labute approximate surface area is 119 Å². The highest BCUT2D eigenvalue weighted by molar-refractivity contribution is 7.71. The molecule has 0 aliphatic rings. The summed E-state index contributed by atoms with van der Waals surface area (Å²) in [5, 5.41) is -0.0365. The third kappa shape index (κ3) is 2.32. The highest BCUT2D eigenvalue weighted by atomic mass is 35.5. The van der Waals surface area contributed by atoms with E-state index in [0.29, 0.717) is 10.5 Å². The van der Waals surface area contributed by atoms with Crippen LogP contribution in [0.25, 0.3) is 5.69 Å². The van der Waals surface area contributed by atoms with Gasteiger partial charge in [-0.25, -0.2) is 4.39 Å². The van der Waals surface area contributed by atoms with Gasteiger partial charge < -0.3 is 4.98 Å². The second-order valence-electron chi connectivity index (χ2n) is 4.23. The Morgan fingerprint density at radius 3 is 2.33 bits per heavy atom. The van der Waals surface area contributed by atoms with Crippen LogP contribution >= 0.6 is 35.4 Å². The van der Waals surface area contributed by atoms with Crippen LogP contribution in [-0.2, 0) is 0 Å². The van der Waals surface area contributed by atoms with Crippen molar-refractivity contribution in [1.82, 2.24) is 9.55 Å². The summed E-state index contributed by atoms with van der Waals surface area (Å²) in [5.74, 6) is -0.351. The number of H-pyrrole nitrogens is 1. The molecule has 0 radical (unpaired) electrons. The zero-order valence-corrected chi connectivity index (χ0v) is 12.1. The van der Waals surface area contributed by atoms with E-state index in [1.165, 1.54) is 12.1 Å². The molecular weight excluding hydrogens is 294 g/mol. The molecule has 1 aromatic heterocycles. The molecule has 1 N–H and O–H groups in total. The molecule has 1 heterocycles. The van der Waals surface area contributed by atoms with Crippen molar-refractivity contribution in [3.8, 4) is 5.69 Å². The number of hydrogen-bond donors (Lipinski definition) is 1. The average Bonchev–Trinajstić information content (AvgIpc) is 2.67. The molecule has 18 heavy (non-hydrogen) atoms. The maximum absolute atomic E-state index is 13.4. The van der Waals surface area contributed by atoms with Gasteiger partial charge in [0.25, 0.3) is 0 Å². The number of nitrogens with zero attached hydrogens (tertiary/aromatic N) is 1. The summed E-state index contributed by atoms with van der Waals surface area (Å²) in [6, 6.07) is 3.02. The number of aromatic amines is 1. The van der Waals surface area contributed by atoms with E-state index in [1.54, 1.807) is 4.57 Å². The van der Waals surface area contributed by atoms with E-state index in [-0.39, 0.29) is 16.0 Å². The molecule has 0 aliphatic heterocycles. The molecule has 6 heteroatoms. The number of rotatable bonds is 2. The number of halogens is 3. The fourth-order valence-electron chi connectivity index (χ4n) is 1.74. The highest BCUT2D eigenvalue weighted by Gasteiger charge is 2.13. The Kier molecular flexibility index (Phi) is 3.80. The number of hydrogen-bond acceptors (Lipinski definition) is 1. The standard InChI is InChI=1S/C12H11Cl2FN2S/c1-6(2)10-5-16-12(18)17(10)7-3-8(13)11(15)9(14)4-7/h3-6H,1-2H3,(H,16,18). The first-order valence-corrected chi connectivity index (χ1v) is 6.53. The number of nitrogens with one attached hydrogen (secondary N) is 1. The SMILES string of the molecule is CC(C)c1c[nH]c(=S)n1-c1cc(Cl)c(F)c(Cl)c1. The second kappa shape index (κ2) is 5.03. The number of aromatic nitrogens is 2. The van der Waals surface area contributed by atoms with E-state index in [1.807, 2.05) is 20.0 Å². The second-order valence-corrected chi connectivity index (χ2v) is 5.43. The fraction of sp³-hybridized carbons (Fsp3) is 0.250. The van der Waals surface area contributed by atoms with Gasteiger partial charge >= 0.3 is 0 Å². The predicted octanol–water partition coefficient (Wildman–Crippen LogP) is 5.10. The molecule has 1 aromatic carbocycles. The molecule has 0 atom stereocenters. The van der Waals surface area contributed by atoms with Crippen LogP contribution in [0.2, 0.25) is 10.0 Å².